The molecule has 0 bridgehead atoms. The van der Waals surface area contributed by atoms with Crippen molar-refractivity contribution in [2.75, 3.05) is 43.5 Å². The van der Waals surface area contributed by atoms with Gasteiger partial charge in [0.05, 0.1) is 17.1 Å². The number of amides is 2. The van der Waals surface area contributed by atoms with Gasteiger partial charge in [0.25, 0.3) is 0 Å². The summed E-state index contributed by atoms with van der Waals surface area (Å²) >= 11 is 5.98. The van der Waals surface area contributed by atoms with Crippen LogP contribution in [0.5, 0.6) is 11.5 Å². The average Bonchev–Trinajstić information content (AvgIpc) is 2.76. The highest BCUT2D eigenvalue weighted by Crippen LogP contribution is 2.32. The van der Waals surface area contributed by atoms with Gasteiger partial charge in [-0.1, -0.05) is 18.5 Å². The Bertz CT molecular complexity index is 1010. The number of rotatable bonds is 8. The van der Waals surface area contributed by atoms with Crippen LogP contribution in [0.25, 0.3) is 0 Å². The van der Waals surface area contributed by atoms with Crippen molar-refractivity contribution in [1.82, 2.24) is 4.90 Å². The Morgan fingerprint density at radius 2 is 1.74 bits per heavy atom. The zero-order valence-electron chi connectivity index (χ0n) is 17.1. The predicted molar refractivity (Wildman–Crippen MR) is 118 cm³/mol. The highest BCUT2D eigenvalue weighted by Gasteiger charge is 2.15. The molecule has 3 rings (SSSR count). The molecule has 1 aliphatic rings. The van der Waals surface area contributed by atoms with Crippen LogP contribution in [-0.2, 0) is 9.59 Å². The molecule has 2 amide bonds. The van der Waals surface area contributed by atoms with Crippen LogP contribution in [0.15, 0.2) is 36.4 Å². The summed E-state index contributed by atoms with van der Waals surface area (Å²) in [5.74, 6) is 0.884. The number of nitrogens with zero attached hydrogens (tertiary/aromatic N) is 2. The van der Waals surface area contributed by atoms with Gasteiger partial charge in [0.2, 0.25) is 11.8 Å². The van der Waals surface area contributed by atoms with E-state index in [0.29, 0.717) is 54.7 Å². The lowest BCUT2D eigenvalue weighted by Crippen LogP contribution is -2.35. The Labute approximate surface area is 185 Å². The SMILES string of the molecule is CCN(CCC(=O)Nc1ccc(C#N)c(Cl)c1)CC(=O)Nc1ccc2c(c1)OCCO2. The molecule has 0 atom stereocenters. The topological polar surface area (TPSA) is 104 Å². The molecule has 2 N–H and O–H groups in total. The number of nitriles is 1. The summed E-state index contributed by atoms with van der Waals surface area (Å²) in [5.41, 5.74) is 1.50. The van der Waals surface area contributed by atoms with Gasteiger partial charge in [-0.3, -0.25) is 14.5 Å². The van der Waals surface area contributed by atoms with Crippen molar-refractivity contribution in [3.63, 3.8) is 0 Å². The van der Waals surface area contributed by atoms with Crippen molar-refractivity contribution >= 4 is 34.8 Å². The van der Waals surface area contributed by atoms with Crippen molar-refractivity contribution in [3.8, 4) is 17.6 Å². The van der Waals surface area contributed by atoms with E-state index in [0.717, 1.165) is 0 Å². The number of hydrogen-bond donors (Lipinski definition) is 2. The first-order chi connectivity index (χ1) is 15.0. The molecule has 1 aliphatic heterocycles. The molecular formula is C22H23ClN4O4. The minimum atomic E-state index is -0.202. The minimum absolute atomic E-state index is 0.154. The van der Waals surface area contributed by atoms with E-state index in [1.54, 1.807) is 30.3 Å². The fraction of sp³-hybridized carbons (Fsp3) is 0.318. The minimum Gasteiger partial charge on any atom is -0.486 e. The number of nitrogens with one attached hydrogen (secondary N) is 2. The number of anilines is 2. The average molecular weight is 443 g/mol. The number of benzene rings is 2. The molecule has 0 unspecified atom stereocenters. The Hall–Kier alpha value is -3.28. The first-order valence-electron chi connectivity index (χ1n) is 9.90. The van der Waals surface area contributed by atoms with Crippen LogP contribution in [-0.4, -0.2) is 49.6 Å². The summed E-state index contributed by atoms with van der Waals surface area (Å²) in [7, 11) is 0. The number of carbonyl (C=O) groups is 2. The first kappa shape index (κ1) is 22.4. The molecule has 0 radical (unpaired) electrons. The molecule has 0 aliphatic carbocycles. The largest absolute Gasteiger partial charge is 0.486 e. The van der Waals surface area contributed by atoms with Crippen molar-refractivity contribution in [2.24, 2.45) is 0 Å². The molecular weight excluding hydrogens is 420 g/mol. The molecule has 9 heteroatoms. The van der Waals surface area contributed by atoms with Crippen LogP contribution in [0.3, 0.4) is 0 Å². The van der Waals surface area contributed by atoms with E-state index in [2.05, 4.69) is 10.6 Å². The first-order valence-corrected chi connectivity index (χ1v) is 10.3. The Morgan fingerprint density at radius 3 is 2.45 bits per heavy atom. The van der Waals surface area contributed by atoms with Crippen molar-refractivity contribution in [3.05, 3.63) is 47.0 Å². The zero-order chi connectivity index (χ0) is 22.2. The quantitative estimate of drug-likeness (QED) is 0.650. The second-order valence-corrected chi connectivity index (χ2v) is 7.29. The summed E-state index contributed by atoms with van der Waals surface area (Å²) in [6.45, 7) is 4.10. The predicted octanol–water partition coefficient (Wildman–Crippen LogP) is 3.27. The molecule has 0 fully saturated rings. The molecule has 0 aromatic heterocycles. The molecule has 0 spiro atoms. The van der Waals surface area contributed by atoms with E-state index in [1.165, 1.54) is 6.07 Å². The Kier molecular flexibility index (Phi) is 7.70. The molecule has 0 saturated heterocycles. The Balaban J connectivity index is 1.47. The maximum absolute atomic E-state index is 12.4. The number of likely N-dealkylation sites (N-methyl/N-ethyl adjacent to an activating group) is 1. The fourth-order valence-electron chi connectivity index (χ4n) is 3.04. The lowest BCUT2D eigenvalue weighted by molar-refractivity contribution is -0.119. The van der Waals surface area contributed by atoms with Crippen LogP contribution < -0.4 is 20.1 Å². The smallest absolute Gasteiger partial charge is 0.238 e. The van der Waals surface area contributed by atoms with Gasteiger partial charge in [-0.05, 0) is 36.9 Å². The summed E-state index contributed by atoms with van der Waals surface area (Å²) < 4.78 is 11.0. The van der Waals surface area contributed by atoms with Gasteiger partial charge in [0.15, 0.2) is 11.5 Å². The van der Waals surface area contributed by atoms with Gasteiger partial charge in [-0.15, -0.1) is 0 Å². The van der Waals surface area contributed by atoms with E-state index in [9.17, 15) is 9.59 Å². The molecule has 2 aromatic rings. The van der Waals surface area contributed by atoms with Crippen molar-refractivity contribution in [2.45, 2.75) is 13.3 Å². The monoisotopic (exact) mass is 442 g/mol. The summed E-state index contributed by atoms with van der Waals surface area (Å²) in [6, 6.07) is 12.0. The second-order valence-electron chi connectivity index (χ2n) is 6.88. The summed E-state index contributed by atoms with van der Waals surface area (Å²) in [4.78, 5) is 26.5. The number of carbonyl (C=O) groups excluding carboxylic acids is 2. The van der Waals surface area contributed by atoms with Crippen LogP contribution in [0, 0.1) is 11.3 Å². The van der Waals surface area contributed by atoms with Crippen molar-refractivity contribution in [1.29, 1.82) is 5.26 Å². The van der Waals surface area contributed by atoms with E-state index in [1.807, 2.05) is 17.9 Å². The molecule has 31 heavy (non-hydrogen) atoms. The zero-order valence-corrected chi connectivity index (χ0v) is 17.9. The van der Waals surface area contributed by atoms with E-state index in [4.69, 9.17) is 26.3 Å². The van der Waals surface area contributed by atoms with Gasteiger partial charge in [0, 0.05) is 30.4 Å². The lowest BCUT2D eigenvalue weighted by atomic mass is 10.2. The summed E-state index contributed by atoms with van der Waals surface area (Å²) in [5, 5.41) is 14.8. The van der Waals surface area contributed by atoms with E-state index >= 15 is 0 Å². The third kappa shape index (κ3) is 6.35. The van der Waals surface area contributed by atoms with Crippen LogP contribution in [0.1, 0.15) is 18.9 Å². The van der Waals surface area contributed by atoms with E-state index in [-0.39, 0.29) is 29.8 Å². The third-order valence-corrected chi connectivity index (χ3v) is 4.98. The van der Waals surface area contributed by atoms with Crippen LogP contribution >= 0.6 is 11.6 Å². The van der Waals surface area contributed by atoms with Gasteiger partial charge < -0.3 is 20.1 Å². The Morgan fingerprint density at radius 1 is 1.06 bits per heavy atom. The highest BCUT2D eigenvalue weighted by molar-refractivity contribution is 6.32. The van der Waals surface area contributed by atoms with Gasteiger partial charge >= 0.3 is 0 Å². The molecule has 0 saturated carbocycles. The number of fused-ring (bicyclic) bond motifs is 1. The highest BCUT2D eigenvalue weighted by atomic mass is 35.5. The normalized spacial score (nSPS) is 12.2. The van der Waals surface area contributed by atoms with Crippen LogP contribution in [0.4, 0.5) is 11.4 Å². The van der Waals surface area contributed by atoms with Crippen LogP contribution in [0.2, 0.25) is 5.02 Å². The summed E-state index contributed by atoms with van der Waals surface area (Å²) in [6.07, 6.45) is 0.211. The maximum Gasteiger partial charge on any atom is 0.238 e. The standard InChI is InChI=1S/C22H23ClN4O4/c1-2-27(8-7-21(28)25-16-4-3-15(13-24)18(23)11-16)14-22(29)26-17-5-6-19-20(12-17)31-10-9-30-19/h3-6,11-12H,2,7-10,14H2,1H3,(H,25,28)(H,26,29). The van der Waals surface area contributed by atoms with Gasteiger partial charge in [-0.25, -0.2) is 0 Å². The maximum atomic E-state index is 12.4. The lowest BCUT2D eigenvalue weighted by Gasteiger charge is -2.21. The number of ether oxygens (including phenoxy) is 2. The van der Waals surface area contributed by atoms with Gasteiger partial charge in [-0.2, -0.15) is 5.26 Å². The number of halogens is 1. The van der Waals surface area contributed by atoms with E-state index < -0.39 is 0 Å². The second kappa shape index (κ2) is 10.7. The van der Waals surface area contributed by atoms with Gasteiger partial charge in [0.1, 0.15) is 19.3 Å². The fourth-order valence-corrected chi connectivity index (χ4v) is 3.26. The molecule has 162 valence electrons. The number of hydrogen-bond acceptors (Lipinski definition) is 6. The molecule has 1 heterocycles. The molecule has 2 aromatic carbocycles. The molecule has 8 nitrogen and oxygen atoms in total. The van der Waals surface area contributed by atoms with Crippen molar-refractivity contribution < 1.29 is 19.1 Å². The third-order valence-electron chi connectivity index (χ3n) is 4.67.